The highest BCUT2D eigenvalue weighted by atomic mass is 32.2. The summed E-state index contributed by atoms with van der Waals surface area (Å²) in [4.78, 5) is 48.6. The van der Waals surface area contributed by atoms with Crippen LogP contribution in [0.25, 0.3) is 0 Å². The van der Waals surface area contributed by atoms with Gasteiger partial charge >= 0.3 is 0 Å². The van der Waals surface area contributed by atoms with Crippen LogP contribution in [0.2, 0.25) is 0 Å². The predicted octanol–water partition coefficient (Wildman–Crippen LogP) is 4.36. The molecule has 39 heavy (non-hydrogen) atoms. The van der Waals surface area contributed by atoms with Crippen molar-refractivity contribution in [2.75, 3.05) is 32.8 Å². The predicted molar refractivity (Wildman–Crippen MR) is 159 cm³/mol. The van der Waals surface area contributed by atoms with Crippen LogP contribution in [-0.2, 0) is 14.4 Å². The van der Waals surface area contributed by atoms with Gasteiger partial charge in [0.25, 0.3) is 0 Å². The van der Waals surface area contributed by atoms with E-state index in [0.29, 0.717) is 32.6 Å². The number of rotatable bonds is 16. The summed E-state index contributed by atoms with van der Waals surface area (Å²) in [5.74, 6) is -0.873. The van der Waals surface area contributed by atoms with Crippen LogP contribution in [0.5, 0.6) is 0 Å². The van der Waals surface area contributed by atoms with Gasteiger partial charge in [-0.15, -0.1) is 24.9 Å². The smallest absolute Gasteiger partial charge is 0.247 e. The van der Waals surface area contributed by atoms with E-state index in [-0.39, 0.29) is 41.4 Å². The number of carbonyl (C=O) groups excluding carboxylic acids is 3. The number of nitrogens with zero attached hydrogens (tertiary/aromatic N) is 3. The van der Waals surface area contributed by atoms with Gasteiger partial charge in [-0.1, -0.05) is 59.6 Å². The van der Waals surface area contributed by atoms with Crippen molar-refractivity contribution in [1.29, 1.82) is 0 Å². The Morgan fingerprint density at radius 1 is 1.10 bits per heavy atom. The Kier molecular flexibility index (Phi) is 11.2. The van der Waals surface area contributed by atoms with Gasteiger partial charge in [-0.2, -0.15) is 0 Å². The van der Waals surface area contributed by atoms with Crippen molar-refractivity contribution in [3.8, 4) is 0 Å². The molecule has 1 N–H and O–H groups in total. The first-order valence-corrected chi connectivity index (χ1v) is 15.9. The Labute approximate surface area is 240 Å². The van der Waals surface area contributed by atoms with Crippen LogP contribution in [-0.4, -0.2) is 92.4 Å². The third-order valence-electron chi connectivity index (χ3n) is 8.90. The highest BCUT2D eigenvalue weighted by molar-refractivity contribution is 8.02. The van der Waals surface area contributed by atoms with Crippen molar-refractivity contribution in [2.24, 2.45) is 23.7 Å². The first-order chi connectivity index (χ1) is 18.6. The van der Waals surface area contributed by atoms with E-state index < -0.39 is 28.7 Å². The van der Waals surface area contributed by atoms with E-state index in [1.54, 1.807) is 28.8 Å². The molecule has 0 aromatic rings. The molecule has 7 atom stereocenters. The molecule has 2 bridgehead atoms. The Morgan fingerprint density at radius 3 is 2.28 bits per heavy atom. The molecule has 3 heterocycles. The zero-order chi connectivity index (χ0) is 28.9. The standard InChI is InChI=1S/C31H51N3O4S/c1-8-12-13-17-33(16-11-4)30(38)27-31-22(7)19-24(39-31)25(28(36)32(14-9-2)15-10-3)26(31)29(37)34(27)23(20-35)18-21(5)6/h9,11,21-27,35H,2,4,8,10,12-20H2,1,3,5-7H3/t22?,23-,24+,25-,26+,27?,31?/m1/s1. The van der Waals surface area contributed by atoms with Crippen LogP contribution in [0, 0.1) is 23.7 Å². The summed E-state index contributed by atoms with van der Waals surface area (Å²) in [5, 5.41) is 10.5. The van der Waals surface area contributed by atoms with Crippen molar-refractivity contribution in [2.45, 2.75) is 95.2 Å². The molecule has 0 aliphatic carbocycles. The van der Waals surface area contributed by atoms with Crippen LogP contribution in [0.3, 0.4) is 0 Å². The fourth-order valence-electron chi connectivity index (χ4n) is 7.34. The monoisotopic (exact) mass is 561 g/mol. The van der Waals surface area contributed by atoms with Crippen LogP contribution in [0.1, 0.15) is 73.1 Å². The molecule has 3 saturated heterocycles. The normalized spacial score (nSPS) is 30.0. The number of unbranched alkanes of at least 4 members (excludes halogenated alkanes) is 2. The highest BCUT2D eigenvalue weighted by Crippen LogP contribution is 2.69. The molecule has 3 aliphatic heterocycles. The summed E-state index contributed by atoms with van der Waals surface area (Å²) in [7, 11) is 0. The molecule has 0 aromatic carbocycles. The first kappa shape index (κ1) is 31.7. The quantitative estimate of drug-likeness (QED) is 0.224. The van der Waals surface area contributed by atoms with E-state index in [0.717, 1.165) is 32.1 Å². The Bertz CT molecular complexity index is 910. The largest absolute Gasteiger partial charge is 0.394 e. The van der Waals surface area contributed by atoms with Gasteiger partial charge in [0.05, 0.1) is 29.2 Å². The Morgan fingerprint density at radius 2 is 1.74 bits per heavy atom. The summed E-state index contributed by atoms with van der Waals surface area (Å²) in [6.45, 7) is 20.1. The lowest BCUT2D eigenvalue weighted by atomic mass is 9.65. The SMILES string of the molecule is C=CCN(CCCCC)C(=O)C1N([C@@H](CO)CC(C)C)C(=O)[C@@H]2[C@H](C(=O)N(CC=C)CCC)[C@@H]3CC(C)C12S3. The third kappa shape index (κ3) is 5.83. The molecule has 3 aliphatic rings. The average Bonchev–Trinajstić information content (AvgIpc) is 3.49. The minimum absolute atomic E-state index is 0.00438. The van der Waals surface area contributed by atoms with E-state index in [1.807, 2.05) is 16.7 Å². The van der Waals surface area contributed by atoms with Gasteiger partial charge in [0.15, 0.2) is 0 Å². The van der Waals surface area contributed by atoms with Crippen molar-refractivity contribution in [3.63, 3.8) is 0 Å². The minimum Gasteiger partial charge on any atom is -0.394 e. The fourth-order valence-corrected chi connectivity index (χ4v) is 9.73. The van der Waals surface area contributed by atoms with Gasteiger partial charge in [0.2, 0.25) is 17.7 Å². The van der Waals surface area contributed by atoms with Gasteiger partial charge in [-0.3, -0.25) is 14.4 Å². The van der Waals surface area contributed by atoms with E-state index in [1.165, 1.54) is 0 Å². The van der Waals surface area contributed by atoms with E-state index in [9.17, 15) is 19.5 Å². The molecular weight excluding hydrogens is 510 g/mol. The molecule has 0 aromatic heterocycles. The van der Waals surface area contributed by atoms with E-state index >= 15 is 0 Å². The maximum absolute atomic E-state index is 14.6. The number of hydrogen-bond donors (Lipinski definition) is 1. The number of hydrogen-bond acceptors (Lipinski definition) is 5. The van der Waals surface area contributed by atoms with Crippen LogP contribution in [0.4, 0.5) is 0 Å². The molecule has 3 rings (SSSR count). The topological polar surface area (TPSA) is 81.2 Å². The molecule has 3 fully saturated rings. The van der Waals surface area contributed by atoms with Gasteiger partial charge in [-0.05, 0) is 37.5 Å². The highest BCUT2D eigenvalue weighted by Gasteiger charge is 2.77. The fraction of sp³-hybridized carbons (Fsp3) is 0.774. The second-order valence-electron chi connectivity index (χ2n) is 12.1. The molecule has 3 amide bonds. The number of thioether (sulfide) groups is 1. The first-order valence-electron chi connectivity index (χ1n) is 15.0. The van der Waals surface area contributed by atoms with Gasteiger partial charge in [0, 0.05) is 31.4 Å². The van der Waals surface area contributed by atoms with Crippen molar-refractivity contribution < 1.29 is 19.5 Å². The zero-order valence-corrected chi connectivity index (χ0v) is 25.6. The maximum atomic E-state index is 14.6. The van der Waals surface area contributed by atoms with Crippen molar-refractivity contribution in [1.82, 2.24) is 14.7 Å². The average molecular weight is 562 g/mol. The number of aliphatic hydroxyl groups excluding tert-OH is 1. The lowest BCUT2D eigenvalue weighted by Crippen LogP contribution is -2.59. The van der Waals surface area contributed by atoms with Crippen LogP contribution < -0.4 is 0 Å². The number of amides is 3. The van der Waals surface area contributed by atoms with Gasteiger partial charge < -0.3 is 19.8 Å². The van der Waals surface area contributed by atoms with Crippen LogP contribution in [0.15, 0.2) is 25.3 Å². The summed E-state index contributed by atoms with van der Waals surface area (Å²) in [6.07, 6.45) is 8.70. The Balaban J connectivity index is 2.11. The second-order valence-corrected chi connectivity index (χ2v) is 13.7. The minimum atomic E-state index is -0.700. The molecular formula is C31H51N3O4S. The second kappa shape index (κ2) is 13.7. The summed E-state index contributed by atoms with van der Waals surface area (Å²) < 4.78 is -0.681. The summed E-state index contributed by atoms with van der Waals surface area (Å²) in [5.41, 5.74) is 0. The molecule has 3 unspecified atom stereocenters. The molecule has 1 spiro atoms. The number of carbonyl (C=O) groups is 3. The Hall–Kier alpha value is -1.80. The zero-order valence-electron chi connectivity index (χ0n) is 24.8. The van der Waals surface area contributed by atoms with Crippen molar-refractivity contribution >= 4 is 29.5 Å². The summed E-state index contributed by atoms with van der Waals surface area (Å²) in [6, 6.07) is -1.16. The molecule has 8 heteroatoms. The summed E-state index contributed by atoms with van der Waals surface area (Å²) >= 11 is 1.71. The molecule has 7 nitrogen and oxygen atoms in total. The molecule has 0 saturated carbocycles. The maximum Gasteiger partial charge on any atom is 0.247 e. The van der Waals surface area contributed by atoms with Crippen molar-refractivity contribution in [3.05, 3.63) is 25.3 Å². The van der Waals surface area contributed by atoms with Crippen LogP contribution >= 0.6 is 11.8 Å². The lowest BCUT2D eigenvalue weighted by molar-refractivity contribution is -0.147. The number of fused-ring (bicyclic) bond motifs is 1. The number of aliphatic hydroxyl groups is 1. The van der Waals surface area contributed by atoms with E-state index in [2.05, 4.69) is 40.9 Å². The number of likely N-dealkylation sites (tertiary alicyclic amines) is 1. The third-order valence-corrected chi connectivity index (χ3v) is 11.0. The van der Waals surface area contributed by atoms with Gasteiger partial charge in [0.1, 0.15) is 6.04 Å². The van der Waals surface area contributed by atoms with E-state index in [4.69, 9.17) is 0 Å². The lowest BCUT2D eigenvalue weighted by Gasteiger charge is -2.42. The molecule has 0 radical (unpaired) electrons. The van der Waals surface area contributed by atoms with Gasteiger partial charge in [-0.25, -0.2) is 0 Å². The molecule has 220 valence electrons.